The first-order chi connectivity index (χ1) is 24.5. The van der Waals surface area contributed by atoms with E-state index in [9.17, 15) is 19.5 Å². The molecule has 51 heavy (non-hydrogen) atoms. The fourth-order valence-electron chi connectivity index (χ4n) is 7.61. The van der Waals surface area contributed by atoms with E-state index in [1.54, 1.807) is 15.4 Å². The summed E-state index contributed by atoms with van der Waals surface area (Å²) >= 11 is 0. The molecule has 1 fully saturated rings. The number of unbranched alkanes of at least 4 members (excludes halogenated alkanes) is 3. The third kappa shape index (κ3) is 7.61. The van der Waals surface area contributed by atoms with Crippen molar-refractivity contribution in [2.24, 2.45) is 12.5 Å². The molecule has 4 heterocycles. The molecule has 3 aliphatic rings. The second-order valence-electron chi connectivity index (χ2n) is 15.3. The maximum atomic E-state index is 15.9. The zero-order valence-corrected chi connectivity index (χ0v) is 30.3. The van der Waals surface area contributed by atoms with Crippen LogP contribution in [0.2, 0.25) is 0 Å². The summed E-state index contributed by atoms with van der Waals surface area (Å²) in [5.74, 6) is -0.693. The van der Waals surface area contributed by atoms with Gasteiger partial charge in [0, 0.05) is 56.2 Å². The van der Waals surface area contributed by atoms with Crippen LogP contribution in [-0.4, -0.2) is 55.0 Å². The molecule has 0 spiro atoms. The Bertz CT molecular complexity index is 1960. The number of benzene rings is 1. The van der Waals surface area contributed by atoms with Crippen LogP contribution in [-0.2, 0) is 29.6 Å². The minimum atomic E-state index is -0.570. The van der Waals surface area contributed by atoms with Crippen LogP contribution in [0.5, 0.6) is 0 Å². The molecule has 2 unspecified atom stereocenters. The van der Waals surface area contributed by atoms with Gasteiger partial charge in [-0.15, -0.1) is 5.10 Å². The molecule has 12 heteroatoms. The number of hydrogen-bond donors (Lipinski definition) is 4. The topological polar surface area (TPSA) is 135 Å². The van der Waals surface area contributed by atoms with E-state index in [1.165, 1.54) is 0 Å². The molecule has 6 rings (SSSR count). The summed E-state index contributed by atoms with van der Waals surface area (Å²) in [5, 5.41) is 25.1. The van der Waals surface area contributed by atoms with E-state index in [4.69, 9.17) is 0 Å². The first-order valence-corrected chi connectivity index (χ1v) is 18.5. The number of nitrogens with one attached hydrogen (secondary N) is 3. The zero-order chi connectivity index (χ0) is 36.3. The first kappa shape index (κ1) is 36.3. The van der Waals surface area contributed by atoms with Gasteiger partial charge in [-0.05, 0) is 55.1 Å². The van der Waals surface area contributed by atoms with Gasteiger partial charge in [0.05, 0.1) is 28.0 Å². The average Bonchev–Trinajstić information content (AvgIpc) is 3.89. The number of nitrogens with zero attached hydrogens (tertiary/aromatic N) is 4. The molecule has 0 bridgehead atoms. The van der Waals surface area contributed by atoms with Crippen molar-refractivity contribution in [2.45, 2.75) is 116 Å². The van der Waals surface area contributed by atoms with Crippen molar-refractivity contribution in [2.75, 3.05) is 6.61 Å². The van der Waals surface area contributed by atoms with Crippen LogP contribution in [0, 0.1) is 11.4 Å². The second-order valence-corrected chi connectivity index (χ2v) is 15.3. The number of carbonyl (C=O) groups excluding carboxylic acids is 2. The number of aldehydes is 1. The Morgan fingerprint density at radius 3 is 2.53 bits per heavy atom. The average molecular weight is 702 g/mol. The molecule has 274 valence electrons. The van der Waals surface area contributed by atoms with Crippen molar-refractivity contribution in [3.8, 4) is 0 Å². The summed E-state index contributed by atoms with van der Waals surface area (Å²) in [6, 6.07) is 7.79. The van der Waals surface area contributed by atoms with Gasteiger partial charge in [-0.1, -0.05) is 70.7 Å². The molecule has 0 radical (unpaired) electrons. The lowest BCUT2D eigenvalue weighted by molar-refractivity contribution is -0.125. The Morgan fingerprint density at radius 2 is 1.84 bits per heavy atom. The number of aryl methyl sites for hydroxylation is 2. The standard InChI is InChI=1S/C39H52FN7O4/c1-39(2,3)30(24-49)42-31(50)15-7-5-6-10-20-46-23-28(36(40)44-46)34-32(26-18-16-25(17-19-26)12-11-21-48)33-35-29(22-41-37(33)43-34)45(4)38(51)47(35)27-13-8-9-14-27/h16-19,22-24,27,30,37,41,43,48H,5-15,20-21H2,1-4H3,(H,42,50). The maximum absolute atomic E-state index is 15.9. The molecular formula is C39H52FN7O4. The lowest BCUT2D eigenvalue weighted by Gasteiger charge is -2.26. The number of fused-ring (bicyclic) bond motifs is 2. The Labute approximate surface area is 298 Å². The largest absolute Gasteiger partial charge is 0.396 e. The normalized spacial score (nSPS) is 17.8. The summed E-state index contributed by atoms with van der Waals surface area (Å²) in [5.41, 5.74) is 4.39. The summed E-state index contributed by atoms with van der Waals surface area (Å²) in [6.45, 7) is 6.41. The van der Waals surface area contributed by atoms with E-state index in [0.717, 1.165) is 90.6 Å². The highest BCUT2D eigenvalue weighted by molar-refractivity contribution is 6.14. The van der Waals surface area contributed by atoms with Crippen LogP contribution in [0.3, 0.4) is 0 Å². The number of aromatic nitrogens is 4. The molecule has 2 atom stereocenters. The number of carbonyl (C=O) groups is 2. The van der Waals surface area contributed by atoms with Crippen LogP contribution >= 0.6 is 0 Å². The van der Waals surface area contributed by atoms with Gasteiger partial charge < -0.3 is 25.9 Å². The molecule has 11 nitrogen and oxygen atoms in total. The molecule has 1 aliphatic carbocycles. The Kier molecular flexibility index (Phi) is 11.0. The summed E-state index contributed by atoms with van der Waals surface area (Å²) in [4.78, 5) is 37.5. The first-order valence-electron chi connectivity index (χ1n) is 18.5. The summed E-state index contributed by atoms with van der Waals surface area (Å²) in [6.07, 6.45) is 13.1. The van der Waals surface area contributed by atoms with Gasteiger partial charge in [-0.3, -0.25) is 18.6 Å². The Balaban J connectivity index is 1.26. The van der Waals surface area contributed by atoms with Gasteiger partial charge in [0.1, 0.15) is 12.5 Å². The minimum absolute atomic E-state index is 0.0417. The van der Waals surface area contributed by atoms with E-state index in [0.29, 0.717) is 37.1 Å². The minimum Gasteiger partial charge on any atom is -0.396 e. The SMILES string of the molecule is Cn1c2c(n(C3CCCC3)c1=O)=C1C(c3ccc(CCCO)cc3)=C(c3cn(CCCCCCC(=O)NC(C=O)C(C)(C)C)nc3F)NC1NC=2. The zero-order valence-electron chi connectivity index (χ0n) is 30.3. The third-order valence-corrected chi connectivity index (χ3v) is 10.5. The lowest BCUT2D eigenvalue weighted by atomic mass is 9.87. The van der Waals surface area contributed by atoms with Crippen molar-refractivity contribution in [1.82, 2.24) is 34.9 Å². The van der Waals surface area contributed by atoms with Crippen molar-refractivity contribution >= 4 is 35.2 Å². The molecule has 2 aliphatic heterocycles. The van der Waals surface area contributed by atoms with Gasteiger partial charge in [-0.2, -0.15) is 4.39 Å². The van der Waals surface area contributed by atoms with Gasteiger partial charge in [-0.25, -0.2) is 4.79 Å². The highest BCUT2D eigenvalue weighted by Gasteiger charge is 2.37. The van der Waals surface area contributed by atoms with Gasteiger partial charge >= 0.3 is 5.69 Å². The monoisotopic (exact) mass is 701 g/mol. The quantitative estimate of drug-likeness (QED) is 0.141. The number of amides is 1. The van der Waals surface area contributed by atoms with Crippen LogP contribution in [0.1, 0.15) is 108 Å². The molecule has 1 saturated carbocycles. The number of aliphatic hydroxyl groups excluding tert-OH is 1. The Hall–Kier alpha value is -4.45. The number of aliphatic hydroxyl groups is 1. The molecule has 1 aromatic carbocycles. The predicted octanol–water partition coefficient (Wildman–Crippen LogP) is 3.23. The van der Waals surface area contributed by atoms with Crippen molar-refractivity contribution < 1.29 is 19.1 Å². The van der Waals surface area contributed by atoms with Crippen molar-refractivity contribution in [3.63, 3.8) is 0 Å². The van der Waals surface area contributed by atoms with Gasteiger partial charge in [0.25, 0.3) is 0 Å². The van der Waals surface area contributed by atoms with E-state index in [2.05, 4.69) is 33.2 Å². The van der Waals surface area contributed by atoms with Crippen molar-refractivity contribution in [1.29, 1.82) is 0 Å². The van der Waals surface area contributed by atoms with E-state index in [-0.39, 0.29) is 35.8 Å². The van der Waals surface area contributed by atoms with Crippen molar-refractivity contribution in [3.05, 3.63) is 74.3 Å². The van der Waals surface area contributed by atoms with Crippen LogP contribution in [0.25, 0.3) is 23.0 Å². The number of hydrogen-bond acceptors (Lipinski definition) is 7. The molecule has 1 amide bonds. The number of imidazole rings is 1. The Morgan fingerprint density at radius 1 is 1.12 bits per heavy atom. The van der Waals surface area contributed by atoms with E-state index >= 15 is 4.39 Å². The van der Waals surface area contributed by atoms with E-state index < -0.39 is 12.0 Å². The van der Waals surface area contributed by atoms with Crippen LogP contribution in [0.4, 0.5) is 4.39 Å². The van der Waals surface area contributed by atoms with Crippen LogP contribution < -0.4 is 32.3 Å². The lowest BCUT2D eigenvalue weighted by Crippen LogP contribution is -2.49. The number of rotatable bonds is 15. The molecule has 2 aromatic heterocycles. The fraction of sp³-hybridized carbons (Fsp3) is 0.538. The molecule has 4 N–H and O–H groups in total. The highest BCUT2D eigenvalue weighted by atomic mass is 19.1. The summed E-state index contributed by atoms with van der Waals surface area (Å²) in [7, 11) is 1.81. The van der Waals surface area contributed by atoms with Crippen LogP contribution in [0.15, 0.2) is 35.3 Å². The fourth-order valence-corrected chi connectivity index (χ4v) is 7.61. The highest BCUT2D eigenvalue weighted by Crippen LogP contribution is 2.39. The second kappa shape index (κ2) is 15.4. The van der Waals surface area contributed by atoms with Gasteiger partial charge in [0.15, 0.2) is 0 Å². The maximum Gasteiger partial charge on any atom is 0.329 e. The smallest absolute Gasteiger partial charge is 0.329 e. The predicted molar refractivity (Wildman–Crippen MR) is 196 cm³/mol. The number of halogens is 1. The molecular weight excluding hydrogens is 649 g/mol. The molecule has 3 aromatic rings. The van der Waals surface area contributed by atoms with E-state index in [1.807, 2.05) is 50.7 Å². The molecule has 0 saturated heterocycles. The third-order valence-electron chi connectivity index (χ3n) is 10.5. The summed E-state index contributed by atoms with van der Waals surface area (Å²) < 4.78 is 21.2. The van der Waals surface area contributed by atoms with Gasteiger partial charge in [0.2, 0.25) is 11.9 Å².